The van der Waals surface area contributed by atoms with Crippen LogP contribution in [0.3, 0.4) is 0 Å². The van der Waals surface area contributed by atoms with Crippen molar-refractivity contribution < 1.29 is 29.4 Å². The zero-order chi connectivity index (χ0) is 24.1. The number of hydrogen-bond acceptors (Lipinski definition) is 7. The van der Waals surface area contributed by atoms with Crippen molar-refractivity contribution in [2.75, 3.05) is 24.8 Å². The summed E-state index contributed by atoms with van der Waals surface area (Å²) in [6.45, 7) is 2.08. The first-order valence-corrected chi connectivity index (χ1v) is 11.7. The third kappa shape index (κ3) is 9.17. The lowest BCUT2D eigenvalue weighted by Gasteiger charge is -2.25. The molecule has 0 aromatic heterocycles. The lowest BCUT2D eigenvalue weighted by atomic mass is 9.93. The van der Waals surface area contributed by atoms with Crippen LogP contribution in [-0.2, 0) is 9.53 Å². The first-order chi connectivity index (χ1) is 16.0. The van der Waals surface area contributed by atoms with E-state index in [1.165, 1.54) is 6.08 Å². The number of aliphatic hydroxyl groups excluding tert-OH is 1. The number of anilines is 1. The van der Waals surface area contributed by atoms with Crippen molar-refractivity contribution in [3.05, 3.63) is 66.2 Å². The quantitative estimate of drug-likeness (QED) is 0.154. The van der Waals surface area contributed by atoms with E-state index < -0.39 is 18.1 Å². The number of carbonyl (C=O) groups excluding carboxylic acids is 2. The summed E-state index contributed by atoms with van der Waals surface area (Å²) >= 11 is 1.61. The summed E-state index contributed by atoms with van der Waals surface area (Å²) in [7, 11) is 0. The number of hydrogen-bond donors (Lipinski definition) is 4. The molecule has 0 aliphatic rings. The van der Waals surface area contributed by atoms with Crippen LogP contribution in [0.15, 0.2) is 65.6 Å². The highest BCUT2D eigenvalue weighted by Crippen LogP contribution is 2.31. The maximum absolute atomic E-state index is 12.6. The summed E-state index contributed by atoms with van der Waals surface area (Å²) in [5.41, 5.74) is 2.98. The summed E-state index contributed by atoms with van der Waals surface area (Å²) in [6.07, 6.45) is 4.97. The number of allylic oxidation sites excluding steroid dienone is 1. The predicted octanol–water partition coefficient (Wildman–Crippen LogP) is 4.55. The Morgan fingerprint density at radius 2 is 1.82 bits per heavy atom. The molecule has 9 heteroatoms. The van der Waals surface area contributed by atoms with Crippen molar-refractivity contribution in [1.82, 2.24) is 5.48 Å². The molecule has 2 aromatic carbocycles. The van der Waals surface area contributed by atoms with Crippen LogP contribution in [0, 0.1) is 5.92 Å². The molecule has 0 fully saturated rings. The van der Waals surface area contributed by atoms with Crippen molar-refractivity contribution in [3.63, 3.8) is 0 Å². The van der Waals surface area contributed by atoms with E-state index in [-0.39, 0.29) is 19.1 Å². The Bertz CT molecular complexity index is 902. The second-order valence-corrected chi connectivity index (χ2v) is 8.13. The number of aliphatic hydroxyl groups is 1. The molecule has 0 aliphatic carbocycles. The van der Waals surface area contributed by atoms with E-state index in [4.69, 9.17) is 19.8 Å². The van der Waals surface area contributed by atoms with E-state index in [0.717, 1.165) is 10.5 Å². The number of thioether (sulfide) groups is 1. The Labute approximate surface area is 197 Å². The Balaban J connectivity index is 2.10. The highest BCUT2D eigenvalue weighted by atomic mass is 32.2. The standard InChI is InChI=1S/C24H30N2O6S/c1-17(5-3-4-6-22(28)26-30)23(18-7-11-20(12-8-18)31-16-15-27)32-24(29)25-19-9-13-21(33-2)14-10-19/h4,6-14,17,23,27,30H,3,5,15-16H2,1-2H3,(H,25,29)(H,26,28)/b6-4+/t17-,23-/m1/s1. The third-order valence-corrected chi connectivity index (χ3v) is 5.57. The summed E-state index contributed by atoms with van der Waals surface area (Å²) in [5, 5.41) is 20.2. The highest BCUT2D eigenvalue weighted by molar-refractivity contribution is 7.98. The largest absolute Gasteiger partial charge is 0.491 e. The van der Waals surface area contributed by atoms with Gasteiger partial charge in [-0.15, -0.1) is 11.8 Å². The van der Waals surface area contributed by atoms with Crippen LogP contribution in [-0.4, -0.2) is 41.8 Å². The minimum Gasteiger partial charge on any atom is -0.491 e. The normalized spacial score (nSPS) is 12.7. The molecule has 2 atom stereocenters. The Hall–Kier alpha value is -3.01. The lowest BCUT2D eigenvalue weighted by Crippen LogP contribution is -2.22. The van der Waals surface area contributed by atoms with Crippen LogP contribution < -0.4 is 15.5 Å². The van der Waals surface area contributed by atoms with Gasteiger partial charge in [0.2, 0.25) is 0 Å². The number of nitrogens with one attached hydrogen (secondary N) is 2. The van der Waals surface area contributed by atoms with Gasteiger partial charge in [0.1, 0.15) is 18.5 Å². The third-order valence-electron chi connectivity index (χ3n) is 4.82. The van der Waals surface area contributed by atoms with Gasteiger partial charge >= 0.3 is 6.09 Å². The molecule has 0 heterocycles. The smallest absolute Gasteiger partial charge is 0.412 e. The molecule has 0 radical (unpaired) electrons. The molecule has 2 amide bonds. The number of benzene rings is 2. The van der Waals surface area contributed by atoms with Crippen LogP contribution in [0.4, 0.5) is 10.5 Å². The molecule has 0 bridgehead atoms. The maximum Gasteiger partial charge on any atom is 0.412 e. The molecule has 0 unspecified atom stereocenters. The minimum absolute atomic E-state index is 0.0688. The van der Waals surface area contributed by atoms with Crippen LogP contribution in [0.5, 0.6) is 5.75 Å². The Morgan fingerprint density at radius 3 is 2.42 bits per heavy atom. The number of carbonyl (C=O) groups is 2. The molecule has 0 saturated heterocycles. The van der Waals surface area contributed by atoms with E-state index in [1.54, 1.807) is 35.5 Å². The zero-order valence-corrected chi connectivity index (χ0v) is 19.5. The fourth-order valence-corrected chi connectivity index (χ4v) is 3.51. The highest BCUT2D eigenvalue weighted by Gasteiger charge is 2.23. The van der Waals surface area contributed by atoms with E-state index in [1.807, 2.05) is 49.6 Å². The molecular formula is C24H30N2O6S. The van der Waals surface area contributed by atoms with E-state index >= 15 is 0 Å². The molecule has 2 rings (SSSR count). The van der Waals surface area contributed by atoms with Gasteiger partial charge in [0.15, 0.2) is 0 Å². The summed E-state index contributed by atoms with van der Waals surface area (Å²) in [4.78, 5) is 24.8. The van der Waals surface area contributed by atoms with Crippen LogP contribution in [0.25, 0.3) is 0 Å². The van der Waals surface area contributed by atoms with Gasteiger partial charge in [0.25, 0.3) is 5.91 Å². The van der Waals surface area contributed by atoms with Crippen LogP contribution in [0.2, 0.25) is 0 Å². The fourth-order valence-electron chi connectivity index (χ4n) is 3.11. The second-order valence-electron chi connectivity index (χ2n) is 7.25. The Morgan fingerprint density at radius 1 is 1.12 bits per heavy atom. The average Bonchev–Trinajstić information content (AvgIpc) is 2.84. The predicted molar refractivity (Wildman–Crippen MR) is 128 cm³/mol. The summed E-state index contributed by atoms with van der Waals surface area (Å²) in [6, 6.07) is 14.6. The zero-order valence-electron chi connectivity index (χ0n) is 18.7. The van der Waals surface area contributed by atoms with Gasteiger partial charge < -0.3 is 14.6 Å². The summed E-state index contributed by atoms with van der Waals surface area (Å²) < 4.78 is 11.2. The van der Waals surface area contributed by atoms with Crippen LogP contribution in [0.1, 0.15) is 31.4 Å². The second kappa shape index (κ2) is 14.2. The van der Waals surface area contributed by atoms with Gasteiger partial charge in [-0.3, -0.25) is 15.3 Å². The molecular weight excluding hydrogens is 444 g/mol. The Kier molecular flexibility index (Phi) is 11.3. The van der Waals surface area contributed by atoms with Crippen molar-refractivity contribution in [2.45, 2.75) is 30.8 Å². The number of rotatable bonds is 12. The summed E-state index contributed by atoms with van der Waals surface area (Å²) in [5.74, 6) is -0.0584. The van der Waals surface area contributed by atoms with Gasteiger partial charge in [0.05, 0.1) is 6.61 Å². The molecule has 0 saturated carbocycles. The maximum atomic E-state index is 12.6. The van der Waals surface area contributed by atoms with Gasteiger partial charge in [-0.2, -0.15) is 0 Å². The molecule has 0 spiro atoms. The molecule has 8 nitrogen and oxygen atoms in total. The number of hydroxylamine groups is 1. The van der Waals surface area contributed by atoms with Crippen molar-refractivity contribution in [2.24, 2.45) is 5.92 Å². The number of ether oxygens (including phenoxy) is 2. The first kappa shape index (κ1) is 26.2. The molecule has 2 aromatic rings. The molecule has 4 N–H and O–H groups in total. The van der Waals surface area contributed by atoms with Crippen molar-refractivity contribution >= 4 is 29.4 Å². The van der Waals surface area contributed by atoms with Gasteiger partial charge in [-0.25, -0.2) is 10.3 Å². The van der Waals surface area contributed by atoms with Crippen molar-refractivity contribution in [1.29, 1.82) is 0 Å². The van der Waals surface area contributed by atoms with Gasteiger partial charge in [0, 0.05) is 16.7 Å². The molecule has 0 aliphatic heterocycles. The lowest BCUT2D eigenvalue weighted by molar-refractivity contribution is -0.124. The fraction of sp³-hybridized carbons (Fsp3) is 0.333. The van der Waals surface area contributed by atoms with Crippen LogP contribution >= 0.6 is 11.8 Å². The van der Waals surface area contributed by atoms with Crippen molar-refractivity contribution in [3.8, 4) is 5.75 Å². The average molecular weight is 475 g/mol. The minimum atomic E-state index is -0.596. The topological polar surface area (TPSA) is 117 Å². The molecule has 33 heavy (non-hydrogen) atoms. The monoisotopic (exact) mass is 474 g/mol. The van der Waals surface area contributed by atoms with E-state index in [2.05, 4.69) is 5.32 Å². The molecule has 178 valence electrons. The van der Waals surface area contributed by atoms with E-state index in [9.17, 15) is 9.59 Å². The van der Waals surface area contributed by atoms with Gasteiger partial charge in [-0.05, 0) is 67.0 Å². The number of amides is 2. The first-order valence-electron chi connectivity index (χ1n) is 10.5. The van der Waals surface area contributed by atoms with E-state index in [0.29, 0.717) is 24.3 Å². The van der Waals surface area contributed by atoms with Gasteiger partial charge in [-0.1, -0.05) is 25.1 Å². The SMILES string of the molecule is CSc1ccc(NC(=O)O[C@@H](c2ccc(OCCO)cc2)[C@H](C)CC/C=C/C(=O)NO)cc1.